The van der Waals surface area contributed by atoms with Gasteiger partial charge < -0.3 is 4.52 Å². The van der Waals surface area contributed by atoms with Crippen LogP contribution in [0.5, 0.6) is 0 Å². The van der Waals surface area contributed by atoms with Crippen LogP contribution in [-0.4, -0.2) is 36.3 Å². The SMILES string of the molecule is CCCC1c2ccccc2CCN1Cc1nc(CS(C)(=O)=O)no1. The summed E-state index contributed by atoms with van der Waals surface area (Å²) in [5, 5.41) is 3.79. The van der Waals surface area contributed by atoms with Crippen LogP contribution in [0.1, 0.15) is 48.6 Å². The molecule has 1 aliphatic rings. The number of rotatable bonds is 6. The Morgan fingerprint density at radius 2 is 2.12 bits per heavy atom. The van der Waals surface area contributed by atoms with Crippen molar-refractivity contribution >= 4 is 9.84 Å². The number of hydrogen-bond donors (Lipinski definition) is 0. The number of benzene rings is 1. The van der Waals surface area contributed by atoms with Gasteiger partial charge in [0.2, 0.25) is 5.89 Å². The lowest BCUT2D eigenvalue weighted by Crippen LogP contribution is -2.35. The standard InChI is InChI=1S/C17H23N3O3S/c1-3-6-15-14-8-5-4-7-13(14)9-10-20(15)11-17-18-16(19-23-17)12-24(2,21)22/h4-5,7-8,15H,3,6,9-12H2,1-2H3. The average Bonchev–Trinajstić information content (AvgIpc) is 2.95. The Morgan fingerprint density at radius 1 is 1.33 bits per heavy atom. The molecule has 0 spiro atoms. The van der Waals surface area contributed by atoms with Crippen LogP contribution >= 0.6 is 0 Å². The minimum Gasteiger partial charge on any atom is -0.338 e. The van der Waals surface area contributed by atoms with Gasteiger partial charge in [-0.1, -0.05) is 42.8 Å². The molecule has 3 rings (SSSR count). The van der Waals surface area contributed by atoms with Crippen LogP contribution in [0.4, 0.5) is 0 Å². The van der Waals surface area contributed by atoms with E-state index in [1.54, 1.807) is 0 Å². The van der Waals surface area contributed by atoms with E-state index >= 15 is 0 Å². The molecule has 1 aliphatic heterocycles. The highest BCUT2D eigenvalue weighted by Crippen LogP contribution is 2.33. The Morgan fingerprint density at radius 3 is 2.88 bits per heavy atom. The predicted molar refractivity (Wildman–Crippen MR) is 91.1 cm³/mol. The molecule has 2 aromatic rings. The molecule has 1 aromatic heterocycles. The highest BCUT2D eigenvalue weighted by molar-refractivity contribution is 7.89. The Hall–Kier alpha value is -1.73. The van der Waals surface area contributed by atoms with E-state index in [1.165, 1.54) is 17.4 Å². The molecular formula is C17H23N3O3S. The van der Waals surface area contributed by atoms with E-state index in [4.69, 9.17) is 4.52 Å². The van der Waals surface area contributed by atoms with Crippen molar-refractivity contribution < 1.29 is 12.9 Å². The van der Waals surface area contributed by atoms with E-state index in [0.29, 0.717) is 18.5 Å². The summed E-state index contributed by atoms with van der Waals surface area (Å²) in [5.41, 5.74) is 2.79. The Labute approximate surface area is 142 Å². The first-order valence-electron chi connectivity index (χ1n) is 8.27. The van der Waals surface area contributed by atoms with Crippen molar-refractivity contribution in [1.82, 2.24) is 15.0 Å². The van der Waals surface area contributed by atoms with Crippen LogP contribution in [0, 0.1) is 0 Å². The minimum atomic E-state index is -3.15. The molecule has 1 unspecified atom stereocenters. The molecule has 6 nitrogen and oxygen atoms in total. The molecule has 2 heterocycles. The molecule has 0 amide bonds. The van der Waals surface area contributed by atoms with Gasteiger partial charge in [0, 0.05) is 18.8 Å². The zero-order valence-corrected chi connectivity index (χ0v) is 14.9. The van der Waals surface area contributed by atoms with Gasteiger partial charge in [0.15, 0.2) is 15.7 Å². The Kier molecular flexibility index (Phi) is 5.01. The van der Waals surface area contributed by atoms with Gasteiger partial charge in [-0.2, -0.15) is 4.98 Å². The zero-order valence-electron chi connectivity index (χ0n) is 14.1. The van der Waals surface area contributed by atoms with Gasteiger partial charge in [0.05, 0.1) is 6.54 Å². The van der Waals surface area contributed by atoms with Crippen molar-refractivity contribution in [3.05, 3.63) is 47.1 Å². The molecule has 1 aromatic carbocycles. The predicted octanol–water partition coefficient (Wildman–Crippen LogP) is 2.51. The van der Waals surface area contributed by atoms with Gasteiger partial charge in [-0.15, -0.1) is 0 Å². The molecule has 0 aliphatic carbocycles. The summed E-state index contributed by atoms with van der Waals surface area (Å²) in [4.78, 5) is 6.59. The topological polar surface area (TPSA) is 76.3 Å². The fourth-order valence-electron chi connectivity index (χ4n) is 3.33. The fourth-order valence-corrected chi connectivity index (χ4v) is 3.91. The Bertz CT molecular complexity index is 801. The van der Waals surface area contributed by atoms with E-state index < -0.39 is 9.84 Å². The largest absolute Gasteiger partial charge is 0.338 e. The molecule has 7 heteroatoms. The highest BCUT2D eigenvalue weighted by Gasteiger charge is 2.27. The van der Waals surface area contributed by atoms with Gasteiger partial charge in [-0.25, -0.2) is 8.42 Å². The molecule has 0 saturated carbocycles. The molecule has 0 radical (unpaired) electrons. The summed E-state index contributed by atoms with van der Waals surface area (Å²) in [7, 11) is -3.15. The van der Waals surface area contributed by atoms with Crippen LogP contribution in [0.3, 0.4) is 0 Å². The van der Waals surface area contributed by atoms with E-state index in [0.717, 1.165) is 25.8 Å². The second-order valence-electron chi connectivity index (χ2n) is 6.40. The minimum absolute atomic E-state index is 0.183. The third-order valence-corrected chi connectivity index (χ3v) is 5.11. The lowest BCUT2D eigenvalue weighted by atomic mass is 9.90. The quantitative estimate of drug-likeness (QED) is 0.797. The lowest BCUT2D eigenvalue weighted by Gasteiger charge is -2.36. The normalized spacial score (nSPS) is 18.5. The van der Waals surface area contributed by atoms with Crippen molar-refractivity contribution in [3.63, 3.8) is 0 Å². The maximum Gasteiger partial charge on any atom is 0.240 e. The van der Waals surface area contributed by atoms with Crippen LogP contribution in [-0.2, 0) is 28.6 Å². The van der Waals surface area contributed by atoms with E-state index in [9.17, 15) is 8.42 Å². The first-order valence-corrected chi connectivity index (χ1v) is 10.3. The van der Waals surface area contributed by atoms with Crippen molar-refractivity contribution in [1.29, 1.82) is 0 Å². The van der Waals surface area contributed by atoms with Crippen molar-refractivity contribution in [2.24, 2.45) is 0 Å². The molecule has 0 bridgehead atoms. The summed E-state index contributed by atoms with van der Waals surface area (Å²) < 4.78 is 27.9. The van der Waals surface area contributed by atoms with Crippen LogP contribution in [0.25, 0.3) is 0 Å². The summed E-state index contributed by atoms with van der Waals surface area (Å²) in [6.07, 6.45) is 4.34. The molecule has 24 heavy (non-hydrogen) atoms. The highest BCUT2D eigenvalue weighted by atomic mass is 32.2. The van der Waals surface area contributed by atoms with E-state index in [1.807, 2.05) is 0 Å². The number of aromatic nitrogens is 2. The summed E-state index contributed by atoms with van der Waals surface area (Å²) in [6, 6.07) is 8.91. The first-order chi connectivity index (χ1) is 11.5. The summed E-state index contributed by atoms with van der Waals surface area (Å²) in [5.74, 6) is 0.531. The van der Waals surface area contributed by atoms with Gasteiger partial charge in [0.25, 0.3) is 0 Å². The van der Waals surface area contributed by atoms with Crippen molar-refractivity contribution in [3.8, 4) is 0 Å². The second kappa shape index (κ2) is 7.03. The van der Waals surface area contributed by atoms with Gasteiger partial charge in [-0.3, -0.25) is 4.90 Å². The van der Waals surface area contributed by atoms with Gasteiger partial charge >= 0.3 is 0 Å². The lowest BCUT2D eigenvalue weighted by molar-refractivity contribution is 0.146. The van der Waals surface area contributed by atoms with E-state index in [2.05, 4.69) is 46.2 Å². The summed E-state index contributed by atoms with van der Waals surface area (Å²) in [6.45, 7) is 3.67. The third-order valence-electron chi connectivity index (χ3n) is 4.33. The van der Waals surface area contributed by atoms with Crippen molar-refractivity contribution in [2.45, 2.75) is 44.5 Å². The van der Waals surface area contributed by atoms with E-state index in [-0.39, 0.29) is 11.6 Å². The van der Waals surface area contributed by atoms with Crippen molar-refractivity contribution in [2.75, 3.05) is 12.8 Å². The second-order valence-corrected chi connectivity index (χ2v) is 8.54. The fraction of sp³-hybridized carbons (Fsp3) is 0.529. The monoisotopic (exact) mass is 349 g/mol. The molecule has 0 fully saturated rings. The first kappa shape index (κ1) is 17.1. The van der Waals surface area contributed by atoms with Crippen LogP contribution in [0.2, 0.25) is 0 Å². The molecule has 130 valence electrons. The smallest absolute Gasteiger partial charge is 0.240 e. The molecular weight excluding hydrogens is 326 g/mol. The zero-order chi connectivity index (χ0) is 17.2. The number of hydrogen-bond acceptors (Lipinski definition) is 6. The summed E-state index contributed by atoms with van der Waals surface area (Å²) >= 11 is 0. The number of fused-ring (bicyclic) bond motifs is 1. The average molecular weight is 349 g/mol. The van der Waals surface area contributed by atoms with Crippen LogP contribution in [0.15, 0.2) is 28.8 Å². The maximum absolute atomic E-state index is 11.3. The number of sulfone groups is 1. The Balaban J connectivity index is 1.77. The molecule has 0 N–H and O–H groups in total. The number of nitrogens with zero attached hydrogens (tertiary/aromatic N) is 3. The third kappa shape index (κ3) is 4.02. The maximum atomic E-state index is 11.3. The van der Waals surface area contributed by atoms with Gasteiger partial charge in [-0.05, 0) is 24.0 Å². The van der Waals surface area contributed by atoms with Gasteiger partial charge in [0.1, 0.15) is 5.75 Å². The molecule has 0 saturated heterocycles. The van der Waals surface area contributed by atoms with Crippen LogP contribution < -0.4 is 0 Å². The molecule has 1 atom stereocenters.